The van der Waals surface area contributed by atoms with E-state index in [0.717, 1.165) is 17.8 Å². The van der Waals surface area contributed by atoms with Crippen LogP contribution >= 0.6 is 0 Å². The molecule has 0 aliphatic heterocycles. The molecule has 1 unspecified atom stereocenters. The van der Waals surface area contributed by atoms with Crippen LogP contribution in [0.5, 0.6) is 0 Å². The first kappa shape index (κ1) is 12.0. The van der Waals surface area contributed by atoms with E-state index in [1.165, 1.54) is 25.7 Å². The zero-order valence-electron chi connectivity index (χ0n) is 9.56. The third-order valence-corrected chi connectivity index (χ3v) is 2.80. The Kier molecular flexibility index (Phi) is 6.51. The molecular weight excluding hydrogens is 144 g/mol. The lowest BCUT2D eigenvalue weighted by Gasteiger charge is -2.32. The van der Waals surface area contributed by atoms with Crippen molar-refractivity contribution in [3.8, 4) is 0 Å². The molecule has 0 spiro atoms. The van der Waals surface area contributed by atoms with Gasteiger partial charge in [0.1, 0.15) is 0 Å². The van der Waals surface area contributed by atoms with Crippen LogP contribution in [0.15, 0.2) is 0 Å². The summed E-state index contributed by atoms with van der Waals surface area (Å²) in [5.74, 6) is 2.98. The minimum atomic E-state index is 0.899. The molecular formula is C12H26. The zero-order chi connectivity index (χ0) is 9.56. The van der Waals surface area contributed by atoms with Crippen molar-refractivity contribution in [2.75, 3.05) is 0 Å². The van der Waals surface area contributed by atoms with Crippen molar-refractivity contribution in [3.63, 3.8) is 0 Å². The van der Waals surface area contributed by atoms with Crippen molar-refractivity contribution in [1.82, 2.24) is 0 Å². The summed E-state index contributed by atoms with van der Waals surface area (Å²) in [6.07, 6.45) is 5.94. The topological polar surface area (TPSA) is 0 Å². The summed E-state index contributed by atoms with van der Waals surface area (Å²) >= 11 is 0. The van der Waals surface area contributed by atoms with Crippen LogP contribution in [0.2, 0.25) is 0 Å². The van der Waals surface area contributed by atoms with Gasteiger partial charge in [-0.25, -0.2) is 0 Å². The predicted octanol–water partition coefficient (Wildman–Crippen LogP) is 4.49. The van der Waals surface area contributed by atoms with Gasteiger partial charge >= 0.3 is 0 Å². The van der Waals surface area contributed by atoms with Crippen molar-refractivity contribution >= 4 is 0 Å². The first-order chi connectivity index (χ1) is 5.70. The van der Waals surface area contributed by atoms with Gasteiger partial charge in [-0.3, -0.25) is 0 Å². The van der Waals surface area contributed by atoms with Gasteiger partial charge in [0.05, 0.1) is 0 Å². The quantitative estimate of drug-likeness (QED) is 0.585. The van der Waals surface area contributed by atoms with E-state index < -0.39 is 0 Å². The highest BCUT2D eigenvalue weighted by Crippen LogP contribution is 2.35. The molecule has 1 fully saturated rings. The van der Waals surface area contributed by atoms with Crippen molar-refractivity contribution in [2.45, 2.75) is 60.3 Å². The molecule has 0 N–H and O–H groups in total. The van der Waals surface area contributed by atoms with Crippen molar-refractivity contribution in [2.24, 2.45) is 17.8 Å². The predicted molar refractivity (Wildman–Crippen MR) is 57.3 cm³/mol. The third kappa shape index (κ3) is 4.13. The fourth-order valence-electron chi connectivity index (χ4n) is 1.94. The smallest absolute Gasteiger partial charge is 0.0388 e. The summed E-state index contributed by atoms with van der Waals surface area (Å²) in [5.41, 5.74) is 0. The van der Waals surface area contributed by atoms with Crippen LogP contribution in [0.25, 0.3) is 0 Å². The zero-order valence-corrected chi connectivity index (χ0v) is 9.56. The Balaban J connectivity index is 0.000000561. The molecule has 1 aliphatic rings. The SMILES string of the molecule is CC.CC(C)CC(C)C1CCC1. The molecule has 0 radical (unpaired) electrons. The van der Waals surface area contributed by atoms with Gasteiger partial charge in [0.25, 0.3) is 0 Å². The maximum atomic E-state index is 2.42. The highest BCUT2D eigenvalue weighted by molar-refractivity contribution is 4.75. The molecule has 1 rings (SSSR count). The lowest BCUT2D eigenvalue weighted by atomic mass is 9.74. The van der Waals surface area contributed by atoms with Gasteiger partial charge in [-0.05, 0) is 24.2 Å². The monoisotopic (exact) mass is 170 g/mol. The van der Waals surface area contributed by atoms with Crippen LogP contribution in [0.3, 0.4) is 0 Å². The van der Waals surface area contributed by atoms with Crippen LogP contribution in [-0.2, 0) is 0 Å². The molecule has 0 amide bonds. The van der Waals surface area contributed by atoms with Crippen LogP contribution < -0.4 is 0 Å². The van der Waals surface area contributed by atoms with Crippen LogP contribution in [0.4, 0.5) is 0 Å². The molecule has 0 aromatic rings. The lowest BCUT2D eigenvalue weighted by Crippen LogP contribution is -2.20. The largest absolute Gasteiger partial charge is 0.0683 e. The van der Waals surface area contributed by atoms with E-state index in [1.807, 2.05) is 13.8 Å². The number of rotatable bonds is 3. The Morgan fingerprint density at radius 1 is 1.08 bits per heavy atom. The second-order valence-corrected chi connectivity index (χ2v) is 4.30. The molecule has 0 heterocycles. The highest BCUT2D eigenvalue weighted by atomic mass is 14.3. The van der Waals surface area contributed by atoms with Gasteiger partial charge in [0.2, 0.25) is 0 Å². The Morgan fingerprint density at radius 3 is 1.83 bits per heavy atom. The van der Waals surface area contributed by atoms with E-state index in [-0.39, 0.29) is 0 Å². The lowest BCUT2D eigenvalue weighted by molar-refractivity contribution is 0.195. The normalized spacial score (nSPS) is 19.5. The average Bonchev–Trinajstić information content (AvgIpc) is 1.85. The molecule has 12 heavy (non-hydrogen) atoms. The van der Waals surface area contributed by atoms with Crippen LogP contribution in [0.1, 0.15) is 60.3 Å². The van der Waals surface area contributed by atoms with E-state index in [4.69, 9.17) is 0 Å². The fraction of sp³-hybridized carbons (Fsp3) is 1.00. The van der Waals surface area contributed by atoms with Crippen molar-refractivity contribution < 1.29 is 0 Å². The number of hydrogen-bond donors (Lipinski definition) is 0. The maximum absolute atomic E-state index is 2.42. The molecule has 1 aliphatic carbocycles. The average molecular weight is 170 g/mol. The van der Waals surface area contributed by atoms with Crippen molar-refractivity contribution in [3.05, 3.63) is 0 Å². The summed E-state index contributed by atoms with van der Waals surface area (Å²) in [7, 11) is 0. The van der Waals surface area contributed by atoms with Gasteiger partial charge in [-0.1, -0.05) is 53.9 Å². The van der Waals surface area contributed by atoms with E-state index >= 15 is 0 Å². The van der Waals surface area contributed by atoms with Gasteiger partial charge < -0.3 is 0 Å². The third-order valence-electron chi connectivity index (χ3n) is 2.80. The summed E-state index contributed by atoms with van der Waals surface area (Å²) in [4.78, 5) is 0. The minimum Gasteiger partial charge on any atom is -0.0683 e. The second kappa shape index (κ2) is 6.51. The van der Waals surface area contributed by atoms with Crippen LogP contribution in [0, 0.1) is 17.8 Å². The highest BCUT2D eigenvalue weighted by Gasteiger charge is 2.23. The maximum Gasteiger partial charge on any atom is -0.0388 e. The first-order valence-electron chi connectivity index (χ1n) is 5.70. The second-order valence-electron chi connectivity index (χ2n) is 4.30. The van der Waals surface area contributed by atoms with Gasteiger partial charge in [-0.2, -0.15) is 0 Å². The molecule has 74 valence electrons. The Bertz CT molecular complexity index is 90.2. The molecule has 0 heteroatoms. The molecule has 0 nitrogen and oxygen atoms in total. The van der Waals surface area contributed by atoms with E-state index in [0.29, 0.717) is 0 Å². The van der Waals surface area contributed by atoms with E-state index in [2.05, 4.69) is 20.8 Å². The molecule has 0 bridgehead atoms. The molecule has 0 aromatic carbocycles. The summed E-state index contributed by atoms with van der Waals surface area (Å²) in [6, 6.07) is 0. The summed E-state index contributed by atoms with van der Waals surface area (Å²) in [6.45, 7) is 11.1. The van der Waals surface area contributed by atoms with E-state index in [9.17, 15) is 0 Å². The Labute approximate surface area is 78.8 Å². The Morgan fingerprint density at radius 2 is 1.58 bits per heavy atom. The van der Waals surface area contributed by atoms with Gasteiger partial charge in [-0.15, -0.1) is 0 Å². The van der Waals surface area contributed by atoms with Gasteiger partial charge in [0.15, 0.2) is 0 Å². The molecule has 1 saturated carbocycles. The van der Waals surface area contributed by atoms with Gasteiger partial charge in [0, 0.05) is 0 Å². The van der Waals surface area contributed by atoms with E-state index in [1.54, 1.807) is 0 Å². The fourth-order valence-corrected chi connectivity index (χ4v) is 1.94. The number of hydrogen-bond acceptors (Lipinski definition) is 0. The van der Waals surface area contributed by atoms with Crippen molar-refractivity contribution in [1.29, 1.82) is 0 Å². The molecule has 1 atom stereocenters. The minimum absolute atomic E-state index is 0.899. The Hall–Kier alpha value is 0. The molecule has 0 saturated heterocycles. The summed E-state index contributed by atoms with van der Waals surface area (Å²) in [5, 5.41) is 0. The van der Waals surface area contributed by atoms with Crippen LogP contribution in [-0.4, -0.2) is 0 Å². The standard InChI is InChI=1S/C10H20.C2H6/c1-8(2)7-9(3)10-5-4-6-10;1-2/h8-10H,4-7H2,1-3H3;1-2H3. The summed E-state index contributed by atoms with van der Waals surface area (Å²) < 4.78 is 0. The molecule has 0 aromatic heterocycles. The first-order valence-corrected chi connectivity index (χ1v) is 5.70.